The van der Waals surface area contributed by atoms with Gasteiger partial charge in [-0.2, -0.15) is 0 Å². The molecule has 1 amide bonds. The molecule has 0 aliphatic heterocycles. The summed E-state index contributed by atoms with van der Waals surface area (Å²) in [6, 6.07) is 2.99. The van der Waals surface area contributed by atoms with Crippen molar-refractivity contribution in [2.75, 3.05) is 17.7 Å². The second kappa shape index (κ2) is 5.75. The van der Waals surface area contributed by atoms with E-state index in [0.717, 1.165) is 6.20 Å². The number of halogens is 2. The molecule has 0 aliphatic carbocycles. The van der Waals surface area contributed by atoms with Crippen molar-refractivity contribution >= 4 is 33.3 Å². The molecular weight excluding hydrogens is 315 g/mol. The van der Waals surface area contributed by atoms with Crippen molar-refractivity contribution in [1.29, 1.82) is 0 Å². The van der Waals surface area contributed by atoms with Crippen molar-refractivity contribution in [2.45, 2.75) is 0 Å². The molecule has 0 spiro atoms. The van der Waals surface area contributed by atoms with E-state index in [0.29, 0.717) is 15.9 Å². The molecule has 0 unspecified atom stereocenters. The number of aromatic nitrogens is 2. The third-order valence-corrected chi connectivity index (χ3v) is 2.79. The van der Waals surface area contributed by atoms with E-state index in [2.05, 4.69) is 36.5 Å². The van der Waals surface area contributed by atoms with Crippen molar-refractivity contribution < 1.29 is 9.18 Å². The molecule has 2 aromatic rings. The van der Waals surface area contributed by atoms with Crippen LogP contribution >= 0.6 is 15.9 Å². The Labute approximate surface area is 117 Å². The Bertz CT molecular complexity index is 620. The predicted octanol–water partition coefficient (Wildman–Crippen LogP) is 2.67. The highest BCUT2D eigenvalue weighted by Gasteiger charge is 2.14. The van der Waals surface area contributed by atoms with Crippen molar-refractivity contribution in [2.24, 2.45) is 0 Å². The maximum atomic E-state index is 13.4. The Hall–Kier alpha value is -2.02. The number of anilines is 2. The summed E-state index contributed by atoms with van der Waals surface area (Å²) in [5.41, 5.74) is 0.384. The molecule has 2 heterocycles. The number of amides is 1. The van der Waals surface area contributed by atoms with Crippen LogP contribution in [0.15, 0.2) is 35.2 Å². The zero-order chi connectivity index (χ0) is 13.8. The summed E-state index contributed by atoms with van der Waals surface area (Å²) in [5.74, 6) is -0.636. The highest BCUT2D eigenvalue weighted by atomic mass is 79.9. The number of pyridine rings is 2. The lowest BCUT2D eigenvalue weighted by molar-refractivity contribution is 0.102. The molecule has 19 heavy (non-hydrogen) atoms. The molecule has 0 bridgehead atoms. The van der Waals surface area contributed by atoms with E-state index < -0.39 is 11.7 Å². The number of nitrogens with one attached hydrogen (secondary N) is 2. The molecule has 0 saturated heterocycles. The Morgan fingerprint density at radius 1 is 1.42 bits per heavy atom. The summed E-state index contributed by atoms with van der Waals surface area (Å²) in [5, 5.41) is 5.28. The summed E-state index contributed by atoms with van der Waals surface area (Å²) in [6.07, 6.45) is 4.00. The first-order chi connectivity index (χ1) is 9.11. The Balaban J connectivity index is 2.30. The van der Waals surface area contributed by atoms with Gasteiger partial charge in [-0.15, -0.1) is 0 Å². The maximum absolute atomic E-state index is 13.4. The van der Waals surface area contributed by atoms with Gasteiger partial charge in [-0.05, 0) is 28.1 Å². The molecule has 0 radical (unpaired) electrons. The van der Waals surface area contributed by atoms with Crippen LogP contribution in [-0.4, -0.2) is 22.9 Å². The second-order valence-electron chi connectivity index (χ2n) is 3.61. The smallest absolute Gasteiger partial charge is 0.259 e. The molecule has 0 saturated carbocycles. The second-order valence-corrected chi connectivity index (χ2v) is 4.53. The standard InChI is InChI=1S/C12H10BrFN4O/c1-15-11-8(4-7(13)5-17-11)12(19)18-10-2-3-16-6-9(10)14/h2-6H,1H3,(H,15,17)(H,16,18,19). The normalized spacial score (nSPS) is 10.1. The van der Waals surface area contributed by atoms with E-state index in [-0.39, 0.29) is 5.69 Å². The van der Waals surface area contributed by atoms with Crippen LogP contribution < -0.4 is 10.6 Å². The summed E-state index contributed by atoms with van der Waals surface area (Å²) in [6.45, 7) is 0. The molecule has 2 N–H and O–H groups in total. The van der Waals surface area contributed by atoms with Crippen molar-refractivity contribution in [3.8, 4) is 0 Å². The lowest BCUT2D eigenvalue weighted by atomic mass is 10.2. The predicted molar refractivity (Wildman–Crippen MR) is 73.6 cm³/mol. The Morgan fingerprint density at radius 3 is 2.89 bits per heavy atom. The van der Waals surface area contributed by atoms with Gasteiger partial charge in [-0.25, -0.2) is 9.37 Å². The molecule has 0 atom stereocenters. The first kappa shape index (κ1) is 13.4. The van der Waals surface area contributed by atoms with E-state index in [1.807, 2.05) is 0 Å². The summed E-state index contributed by atoms with van der Waals surface area (Å²) >= 11 is 3.24. The highest BCUT2D eigenvalue weighted by Crippen LogP contribution is 2.20. The van der Waals surface area contributed by atoms with Crippen LogP contribution in [-0.2, 0) is 0 Å². The van der Waals surface area contributed by atoms with E-state index in [9.17, 15) is 9.18 Å². The van der Waals surface area contributed by atoms with Gasteiger partial charge >= 0.3 is 0 Å². The molecule has 5 nitrogen and oxygen atoms in total. The van der Waals surface area contributed by atoms with Gasteiger partial charge in [0.05, 0.1) is 17.4 Å². The fourth-order valence-corrected chi connectivity index (χ4v) is 1.81. The molecule has 2 aromatic heterocycles. The molecular formula is C12H10BrFN4O. The summed E-state index contributed by atoms with van der Waals surface area (Å²) < 4.78 is 14.1. The van der Waals surface area contributed by atoms with Gasteiger partial charge in [0.15, 0.2) is 5.82 Å². The van der Waals surface area contributed by atoms with Crippen LogP contribution in [0.4, 0.5) is 15.9 Å². The van der Waals surface area contributed by atoms with E-state index in [1.165, 1.54) is 12.3 Å². The van der Waals surface area contributed by atoms with Crippen LogP contribution in [0.2, 0.25) is 0 Å². The average Bonchev–Trinajstić information content (AvgIpc) is 2.41. The fraction of sp³-hybridized carbons (Fsp3) is 0.0833. The van der Waals surface area contributed by atoms with Crippen molar-refractivity contribution in [1.82, 2.24) is 9.97 Å². The maximum Gasteiger partial charge on any atom is 0.259 e. The topological polar surface area (TPSA) is 66.9 Å². The lowest BCUT2D eigenvalue weighted by Crippen LogP contribution is -2.15. The van der Waals surface area contributed by atoms with Gasteiger partial charge < -0.3 is 10.6 Å². The van der Waals surface area contributed by atoms with Crippen LogP contribution in [0, 0.1) is 5.82 Å². The average molecular weight is 325 g/mol. The number of carbonyl (C=O) groups is 1. The molecule has 0 fully saturated rings. The minimum atomic E-state index is -0.593. The minimum Gasteiger partial charge on any atom is -0.372 e. The summed E-state index contributed by atoms with van der Waals surface area (Å²) in [4.78, 5) is 19.8. The molecule has 0 aromatic carbocycles. The highest BCUT2D eigenvalue weighted by molar-refractivity contribution is 9.10. The van der Waals surface area contributed by atoms with Crippen molar-refractivity contribution in [3.05, 3.63) is 46.6 Å². The lowest BCUT2D eigenvalue weighted by Gasteiger charge is -2.09. The van der Waals surface area contributed by atoms with Crippen LogP contribution in [0.25, 0.3) is 0 Å². The summed E-state index contributed by atoms with van der Waals surface area (Å²) in [7, 11) is 1.65. The zero-order valence-electron chi connectivity index (χ0n) is 9.95. The number of hydrogen-bond donors (Lipinski definition) is 2. The van der Waals surface area contributed by atoms with Gasteiger partial charge in [0.1, 0.15) is 5.82 Å². The third-order valence-electron chi connectivity index (χ3n) is 2.36. The Kier molecular flexibility index (Phi) is 4.06. The molecule has 2 rings (SSSR count). The first-order valence-corrected chi connectivity index (χ1v) is 6.15. The van der Waals surface area contributed by atoms with E-state index >= 15 is 0 Å². The Morgan fingerprint density at radius 2 is 2.21 bits per heavy atom. The third kappa shape index (κ3) is 3.05. The fourth-order valence-electron chi connectivity index (χ4n) is 1.48. The minimum absolute atomic E-state index is 0.0713. The number of nitrogens with zero attached hydrogens (tertiary/aromatic N) is 2. The van der Waals surface area contributed by atoms with E-state index in [1.54, 1.807) is 19.3 Å². The number of rotatable bonds is 3. The molecule has 0 aliphatic rings. The molecule has 7 heteroatoms. The quantitative estimate of drug-likeness (QED) is 0.910. The first-order valence-electron chi connectivity index (χ1n) is 5.36. The zero-order valence-corrected chi connectivity index (χ0v) is 11.5. The van der Waals surface area contributed by atoms with Gasteiger partial charge in [-0.3, -0.25) is 9.78 Å². The van der Waals surface area contributed by atoms with Gasteiger partial charge in [0, 0.05) is 23.9 Å². The molecule has 98 valence electrons. The van der Waals surface area contributed by atoms with Crippen LogP contribution in [0.5, 0.6) is 0 Å². The van der Waals surface area contributed by atoms with E-state index in [4.69, 9.17) is 0 Å². The van der Waals surface area contributed by atoms with Crippen LogP contribution in [0.1, 0.15) is 10.4 Å². The largest absolute Gasteiger partial charge is 0.372 e. The van der Waals surface area contributed by atoms with Gasteiger partial charge in [0.2, 0.25) is 0 Å². The number of hydrogen-bond acceptors (Lipinski definition) is 4. The number of carbonyl (C=O) groups excluding carboxylic acids is 1. The monoisotopic (exact) mass is 324 g/mol. The van der Waals surface area contributed by atoms with Gasteiger partial charge in [0.25, 0.3) is 5.91 Å². The van der Waals surface area contributed by atoms with Crippen molar-refractivity contribution in [3.63, 3.8) is 0 Å². The van der Waals surface area contributed by atoms with Crippen LogP contribution in [0.3, 0.4) is 0 Å². The SMILES string of the molecule is CNc1ncc(Br)cc1C(=O)Nc1ccncc1F. The van der Waals surface area contributed by atoms with Gasteiger partial charge in [-0.1, -0.05) is 0 Å².